The quantitative estimate of drug-likeness (QED) is 0.751. The lowest BCUT2D eigenvalue weighted by molar-refractivity contribution is -0.117. The highest BCUT2D eigenvalue weighted by Crippen LogP contribution is 2.15. The Bertz CT molecular complexity index is 304. The number of carbonyl (C=O) groups is 2. The molecule has 0 atom stereocenters. The molecule has 1 saturated heterocycles. The minimum absolute atomic E-state index is 0.187. The molecule has 1 aliphatic rings. The number of nitrogens with one attached hydrogen (secondary N) is 2. The summed E-state index contributed by atoms with van der Waals surface area (Å²) in [5.41, 5.74) is 0. The van der Waals surface area contributed by atoms with Crippen LogP contribution in [-0.4, -0.2) is 46.5 Å². The Morgan fingerprint density at radius 2 is 2.00 bits per heavy atom. The van der Waals surface area contributed by atoms with Crippen LogP contribution in [0.1, 0.15) is 19.8 Å². The van der Waals surface area contributed by atoms with Crippen LogP contribution in [0.3, 0.4) is 0 Å². The number of nitrogens with zero attached hydrogens (tertiary/aromatic N) is 1. The van der Waals surface area contributed by atoms with E-state index in [4.69, 9.17) is 12.2 Å². The summed E-state index contributed by atoms with van der Waals surface area (Å²) < 4.78 is 0.744. The molecule has 96 valence electrons. The Morgan fingerprint density at radius 3 is 2.59 bits per heavy atom. The van der Waals surface area contributed by atoms with Gasteiger partial charge in [-0.2, -0.15) is 0 Å². The molecule has 1 rings (SSSR count). The summed E-state index contributed by atoms with van der Waals surface area (Å²) in [6.45, 7) is 4.24. The van der Waals surface area contributed by atoms with Gasteiger partial charge in [0.25, 0.3) is 0 Å². The lowest BCUT2D eigenvalue weighted by atomic mass is 10.4. The van der Waals surface area contributed by atoms with Gasteiger partial charge in [0, 0.05) is 19.6 Å². The van der Waals surface area contributed by atoms with Crippen molar-refractivity contribution in [2.75, 3.05) is 25.4 Å². The first-order valence-corrected chi connectivity index (χ1v) is 7.02. The first kappa shape index (κ1) is 14.2. The van der Waals surface area contributed by atoms with E-state index in [9.17, 15) is 9.59 Å². The third-order valence-corrected chi connectivity index (χ3v) is 3.80. The van der Waals surface area contributed by atoms with Gasteiger partial charge in [0.15, 0.2) is 0 Å². The number of thioether (sulfide) groups is 1. The number of hydrogen-bond donors (Lipinski definition) is 2. The zero-order chi connectivity index (χ0) is 12.7. The smallest absolute Gasteiger partial charge is 0.321 e. The van der Waals surface area contributed by atoms with Gasteiger partial charge in [0.05, 0.1) is 5.75 Å². The van der Waals surface area contributed by atoms with E-state index in [1.807, 2.05) is 0 Å². The number of hydrogen-bond acceptors (Lipinski definition) is 4. The molecule has 0 unspecified atom stereocenters. The zero-order valence-corrected chi connectivity index (χ0v) is 11.5. The fourth-order valence-electron chi connectivity index (χ4n) is 1.49. The second kappa shape index (κ2) is 7.50. The van der Waals surface area contributed by atoms with Crippen LogP contribution >= 0.6 is 24.0 Å². The van der Waals surface area contributed by atoms with Gasteiger partial charge in [0.1, 0.15) is 4.32 Å². The summed E-state index contributed by atoms with van der Waals surface area (Å²) >= 11 is 6.51. The standard InChI is InChI=1S/C10H17N3O2S2/c1-2-11-9(15)12-8(14)7-17-10(16)13-5-3-4-6-13/h2-7H2,1H3,(H2,11,12,14,15). The highest BCUT2D eigenvalue weighted by Gasteiger charge is 2.16. The van der Waals surface area contributed by atoms with E-state index in [0.29, 0.717) is 6.54 Å². The Hall–Kier alpha value is -0.820. The molecule has 0 bridgehead atoms. The number of urea groups is 1. The van der Waals surface area contributed by atoms with Crippen molar-refractivity contribution in [1.29, 1.82) is 0 Å². The monoisotopic (exact) mass is 275 g/mol. The minimum atomic E-state index is -0.454. The zero-order valence-electron chi connectivity index (χ0n) is 9.82. The molecule has 3 amide bonds. The molecule has 1 fully saturated rings. The van der Waals surface area contributed by atoms with Crippen LogP contribution in [-0.2, 0) is 4.79 Å². The van der Waals surface area contributed by atoms with Crippen LogP contribution in [0, 0.1) is 0 Å². The van der Waals surface area contributed by atoms with Gasteiger partial charge >= 0.3 is 6.03 Å². The number of likely N-dealkylation sites (tertiary alicyclic amines) is 1. The van der Waals surface area contributed by atoms with E-state index in [1.165, 1.54) is 11.8 Å². The Labute approximate surface area is 111 Å². The molecule has 0 radical (unpaired) electrons. The highest BCUT2D eigenvalue weighted by molar-refractivity contribution is 8.23. The SMILES string of the molecule is CCNC(=O)NC(=O)CSC(=S)N1CCCC1. The van der Waals surface area contributed by atoms with Crippen molar-refractivity contribution < 1.29 is 9.59 Å². The van der Waals surface area contributed by atoms with E-state index < -0.39 is 6.03 Å². The van der Waals surface area contributed by atoms with Gasteiger partial charge in [-0.15, -0.1) is 0 Å². The second-order valence-electron chi connectivity index (χ2n) is 3.66. The van der Waals surface area contributed by atoms with E-state index in [1.54, 1.807) is 6.92 Å². The predicted molar refractivity (Wildman–Crippen MR) is 73.1 cm³/mol. The summed E-state index contributed by atoms with van der Waals surface area (Å²) in [6, 6.07) is -0.454. The molecule has 0 aromatic carbocycles. The van der Waals surface area contributed by atoms with Crippen LogP contribution in [0.25, 0.3) is 0 Å². The molecule has 0 spiro atoms. The molecule has 1 heterocycles. The molecule has 0 aromatic heterocycles. The number of thiocarbonyl (C=S) groups is 1. The molecule has 0 aliphatic carbocycles. The lowest BCUT2D eigenvalue weighted by Gasteiger charge is -2.17. The summed E-state index contributed by atoms with van der Waals surface area (Å²) in [7, 11) is 0. The van der Waals surface area contributed by atoms with Crippen LogP contribution in [0.5, 0.6) is 0 Å². The Kier molecular flexibility index (Phi) is 6.28. The number of amides is 3. The molecule has 2 N–H and O–H groups in total. The molecule has 17 heavy (non-hydrogen) atoms. The fraction of sp³-hybridized carbons (Fsp3) is 0.700. The van der Waals surface area contributed by atoms with Crippen LogP contribution in [0.4, 0.5) is 4.79 Å². The van der Waals surface area contributed by atoms with E-state index in [2.05, 4.69) is 15.5 Å². The topological polar surface area (TPSA) is 61.4 Å². The van der Waals surface area contributed by atoms with Crippen molar-refractivity contribution >= 4 is 40.2 Å². The van der Waals surface area contributed by atoms with Crippen molar-refractivity contribution in [2.45, 2.75) is 19.8 Å². The van der Waals surface area contributed by atoms with E-state index in [-0.39, 0.29) is 11.7 Å². The summed E-state index contributed by atoms with van der Waals surface area (Å²) in [4.78, 5) is 24.5. The van der Waals surface area contributed by atoms with Gasteiger partial charge in [-0.1, -0.05) is 24.0 Å². The van der Waals surface area contributed by atoms with Crippen molar-refractivity contribution in [2.24, 2.45) is 0 Å². The number of carbonyl (C=O) groups excluding carboxylic acids is 2. The van der Waals surface area contributed by atoms with E-state index >= 15 is 0 Å². The Morgan fingerprint density at radius 1 is 1.35 bits per heavy atom. The van der Waals surface area contributed by atoms with Gasteiger partial charge in [-0.25, -0.2) is 4.79 Å². The molecule has 7 heteroatoms. The Balaban J connectivity index is 2.18. The fourth-order valence-corrected chi connectivity index (χ4v) is 2.54. The lowest BCUT2D eigenvalue weighted by Crippen LogP contribution is -2.40. The van der Waals surface area contributed by atoms with Gasteiger partial charge in [0.2, 0.25) is 5.91 Å². The largest absolute Gasteiger partial charge is 0.358 e. The van der Waals surface area contributed by atoms with Crippen molar-refractivity contribution in [3.8, 4) is 0 Å². The average molecular weight is 275 g/mol. The number of rotatable bonds is 3. The maximum Gasteiger partial charge on any atom is 0.321 e. The molecular formula is C10H17N3O2S2. The summed E-state index contributed by atoms with van der Waals surface area (Å²) in [5.74, 6) is -0.130. The van der Waals surface area contributed by atoms with Gasteiger partial charge < -0.3 is 10.2 Å². The maximum absolute atomic E-state index is 11.4. The highest BCUT2D eigenvalue weighted by atomic mass is 32.2. The summed E-state index contributed by atoms with van der Waals surface area (Å²) in [6.07, 6.45) is 2.32. The molecular weight excluding hydrogens is 258 g/mol. The van der Waals surface area contributed by atoms with Crippen LogP contribution in [0.2, 0.25) is 0 Å². The minimum Gasteiger partial charge on any atom is -0.358 e. The average Bonchev–Trinajstić information content (AvgIpc) is 2.79. The van der Waals surface area contributed by atoms with Crippen LogP contribution in [0.15, 0.2) is 0 Å². The predicted octanol–water partition coefficient (Wildman–Crippen LogP) is 0.946. The maximum atomic E-state index is 11.4. The normalized spacial score (nSPS) is 14.5. The number of imide groups is 1. The van der Waals surface area contributed by atoms with E-state index in [0.717, 1.165) is 30.3 Å². The molecule has 1 aliphatic heterocycles. The first-order chi connectivity index (χ1) is 8.13. The third-order valence-electron chi connectivity index (χ3n) is 2.28. The first-order valence-electron chi connectivity index (χ1n) is 5.63. The van der Waals surface area contributed by atoms with Crippen molar-refractivity contribution in [3.05, 3.63) is 0 Å². The van der Waals surface area contributed by atoms with Gasteiger partial charge in [-0.05, 0) is 19.8 Å². The second-order valence-corrected chi connectivity index (χ2v) is 5.27. The van der Waals surface area contributed by atoms with Gasteiger partial charge in [-0.3, -0.25) is 10.1 Å². The molecule has 5 nitrogen and oxygen atoms in total. The van der Waals surface area contributed by atoms with Crippen LogP contribution < -0.4 is 10.6 Å². The van der Waals surface area contributed by atoms with Crippen molar-refractivity contribution in [3.63, 3.8) is 0 Å². The molecule has 0 saturated carbocycles. The summed E-state index contributed by atoms with van der Waals surface area (Å²) in [5, 5.41) is 4.73. The van der Waals surface area contributed by atoms with Crippen molar-refractivity contribution in [1.82, 2.24) is 15.5 Å². The molecule has 0 aromatic rings. The third kappa shape index (κ3) is 5.36.